The van der Waals surface area contributed by atoms with Crippen molar-refractivity contribution < 1.29 is 23.5 Å². The topological polar surface area (TPSA) is 52.6 Å². The number of benzene rings is 1. The lowest BCUT2D eigenvalue weighted by Crippen LogP contribution is -2.18. The fourth-order valence-electron chi connectivity index (χ4n) is 1.42. The van der Waals surface area contributed by atoms with Gasteiger partial charge in [-0.05, 0) is 26.0 Å². The maximum atomic E-state index is 13.3. The van der Waals surface area contributed by atoms with Crippen molar-refractivity contribution in [3.8, 4) is 5.75 Å². The second-order valence-corrected chi connectivity index (χ2v) is 3.30. The minimum atomic E-state index is -0.975. The molecule has 0 aliphatic carbocycles. The number of hydrogen-bond acceptors (Lipinski definition) is 4. The van der Waals surface area contributed by atoms with Gasteiger partial charge in [0.05, 0.1) is 19.3 Å². The fourth-order valence-corrected chi connectivity index (χ4v) is 1.42. The zero-order valence-electron chi connectivity index (χ0n) is 9.87. The smallest absolute Gasteiger partial charge is 0.379 e. The number of Topliss-reactive ketones (excluding diaryl/α,β-unsaturated/α-hetero) is 1. The highest BCUT2D eigenvalue weighted by atomic mass is 19.1. The Hall–Kier alpha value is -1.91. The van der Waals surface area contributed by atoms with Crippen molar-refractivity contribution in [2.75, 3.05) is 13.7 Å². The molecule has 0 bridgehead atoms. The van der Waals surface area contributed by atoms with Gasteiger partial charge in [-0.1, -0.05) is 0 Å². The van der Waals surface area contributed by atoms with Crippen molar-refractivity contribution >= 4 is 11.8 Å². The highest BCUT2D eigenvalue weighted by Crippen LogP contribution is 2.26. The number of carbonyl (C=O) groups excluding carboxylic acids is 2. The molecule has 0 unspecified atom stereocenters. The van der Waals surface area contributed by atoms with Crippen LogP contribution in [0.25, 0.3) is 0 Å². The van der Waals surface area contributed by atoms with Crippen molar-refractivity contribution in [3.63, 3.8) is 0 Å². The molecule has 0 atom stereocenters. The predicted octanol–water partition coefficient (Wildman–Crippen LogP) is 1.89. The summed E-state index contributed by atoms with van der Waals surface area (Å²) >= 11 is 0. The fraction of sp³-hybridized carbons (Fsp3) is 0.333. The van der Waals surface area contributed by atoms with Crippen LogP contribution in [0.15, 0.2) is 12.1 Å². The Morgan fingerprint density at radius 3 is 2.53 bits per heavy atom. The molecule has 1 aromatic carbocycles. The molecule has 92 valence electrons. The van der Waals surface area contributed by atoms with Crippen LogP contribution in [0.2, 0.25) is 0 Å². The van der Waals surface area contributed by atoms with Crippen molar-refractivity contribution in [1.82, 2.24) is 0 Å². The molecule has 0 aromatic heterocycles. The van der Waals surface area contributed by atoms with E-state index in [1.165, 1.54) is 20.1 Å². The minimum absolute atomic E-state index is 0.00449. The molecule has 1 aromatic rings. The molecule has 0 aliphatic heterocycles. The standard InChI is InChI=1S/C12H13FO4/c1-4-17-12(15)10(14)8-5-6-9(13)7(2)11(8)16-3/h5-6H,4H2,1-3H3. The van der Waals surface area contributed by atoms with Crippen molar-refractivity contribution in [3.05, 3.63) is 29.1 Å². The van der Waals surface area contributed by atoms with Gasteiger partial charge in [0.25, 0.3) is 5.78 Å². The predicted molar refractivity (Wildman–Crippen MR) is 58.7 cm³/mol. The maximum Gasteiger partial charge on any atom is 0.379 e. The van der Waals surface area contributed by atoms with Gasteiger partial charge in [0, 0.05) is 5.56 Å². The molecular weight excluding hydrogens is 227 g/mol. The minimum Gasteiger partial charge on any atom is -0.496 e. The van der Waals surface area contributed by atoms with Crippen LogP contribution in [-0.2, 0) is 9.53 Å². The molecule has 0 aliphatic rings. The Morgan fingerprint density at radius 2 is 2.00 bits per heavy atom. The van der Waals surface area contributed by atoms with E-state index in [9.17, 15) is 14.0 Å². The average molecular weight is 240 g/mol. The van der Waals surface area contributed by atoms with Gasteiger partial charge in [0.1, 0.15) is 11.6 Å². The van der Waals surface area contributed by atoms with Crippen molar-refractivity contribution in [2.24, 2.45) is 0 Å². The lowest BCUT2D eigenvalue weighted by atomic mass is 10.1. The number of methoxy groups -OCH3 is 1. The Balaban J connectivity index is 3.18. The van der Waals surface area contributed by atoms with E-state index in [1.807, 2.05) is 0 Å². The third kappa shape index (κ3) is 2.61. The SMILES string of the molecule is CCOC(=O)C(=O)c1ccc(F)c(C)c1OC. The Kier molecular flexibility index (Phi) is 4.20. The first-order valence-corrected chi connectivity index (χ1v) is 5.07. The van der Waals surface area contributed by atoms with Crippen LogP contribution in [-0.4, -0.2) is 25.5 Å². The van der Waals surface area contributed by atoms with E-state index in [0.29, 0.717) is 0 Å². The summed E-state index contributed by atoms with van der Waals surface area (Å²) in [5.41, 5.74) is 0.187. The third-order valence-electron chi connectivity index (χ3n) is 2.25. The highest BCUT2D eigenvalue weighted by Gasteiger charge is 2.23. The molecule has 5 heteroatoms. The molecule has 0 amide bonds. The van der Waals surface area contributed by atoms with E-state index in [2.05, 4.69) is 4.74 Å². The van der Waals surface area contributed by atoms with Crippen LogP contribution in [0, 0.1) is 12.7 Å². The van der Waals surface area contributed by atoms with Crippen LogP contribution in [0.1, 0.15) is 22.8 Å². The molecule has 0 saturated heterocycles. The number of ketones is 1. The number of halogens is 1. The number of esters is 1. The average Bonchev–Trinajstić information content (AvgIpc) is 2.31. The molecule has 0 fully saturated rings. The van der Waals surface area contributed by atoms with Gasteiger partial charge in [-0.3, -0.25) is 4.79 Å². The quantitative estimate of drug-likeness (QED) is 0.458. The summed E-state index contributed by atoms with van der Waals surface area (Å²) in [5.74, 6) is -2.26. The second-order valence-electron chi connectivity index (χ2n) is 3.30. The molecule has 4 nitrogen and oxygen atoms in total. The van der Waals surface area contributed by atoms with Gasteiger partial charge in [0.2, 0.25) is 0 Å². The van der Waals surface area contributed by atoms with Crippen LogP contribution < -0.4 is 4.74 Å². The van der Waals surface area contributed by atoms with Gasteiger partial charge in [0.15, 0.2) is 0 Å². The number of ether oxygens (including phenoxy) is 2. The monoisotopic (exact) mass is 240 g/mol. The Morgan fingerprint density at radius 1 is 1.35 bits per heavy atom. The Bertz CT molecular complexity index is 454. The third-order valence-corrected chi connectivity index (χ3v) is 2.25. The second kappa shape index (κ2) is 5.43. The van der Waals surface area contributed by atoms with Gasteiger partial charge < -0.3 is 9.47 Å². The van der Waals surface area contributed by atoms with Gasteiger partial charge in [-0.2, -0.15) is 0 Å². The van der Waals surface area contributed by atoms with E-state index in [-0.39, 0.29) is 23.5 Å². The van der Waals surface area contributed by atoms with Crippen molar-refractivity contribution in [2.45, 2.75) is 13.8 Å². The Labute approximate surface area is 98.3 Å². The first-order chi connectivity index (χ1) is 8.02. The van der Waals surface area contributed by atoms with E-state index in [1.54, 1.807) is 6.92 Å². The van der Waals surface area contributed by atoms with Crippen molar-refractivity contribution in [1.29, 1.82) is 0 Å². The summed E-state index contributed by atoms with van der Waals surface area (Å²) in [6.45, 7) is 3.17. The summed E-state index contributed by atoms with van der Waals surface area (Å²) in [7, 11) is 1.31. The molecule has 0 N–H and O–H groups in total. The van der Waals surface area contributed by atoms with Crippen LogP contribution in [0.3, 0.4) is 0 Å². The van der Waals surface area contributed by atoms with Crippen LogP contribution in [0.4, 0.5) is 4.39 Å². The number of carbonyl (C=O) groups is 2. The molecule has 0 saturated carbocycles. The summed E-state index contributed by atoms with van der Waals surface area (Å²) in [4.78, 5) is 23.0. The molecule has 0 spiro atoms. The van der Waals surface area contributed by atoms with E-state index in [0.717, 1.165) is 6.07 Å². The first-order valence-electron chi connectivity index (χ1n) is 5.07. The molecule has 0 heterocycles. The lowest BCUT2D eigenvalue weighted by Gasteiger charge is -2.10. The summed E-state index contributed by atoms with van der Waals surface area (Å²) in [6.07, 6.45) is 0. The normalized spacial score (nSPS) is 9.88. The van der Waals surface area contributed by atoms with Gasteiger partial charge in [-0.15, -0.1) is 0 Å². The van der Waals surface area contributed by atoms with Crippen LogP contribution >= 0.6 is 0 Å². The van der Waals surface area contributed by atoms with Gasteiger partial charge in [-0.25, -0.2) is 9.18 Å². The maximum absolute atomic E-state index is 13.3. The summed E-state index contributed by atoms with van der Waals surface area (Å²) in [5, 5.41) is 0. The zero-order chi connectivity index (χ0) is 13.0. The van der Waals surface area contributed by atoms with Gasteiger partial charge >= 0.3 is 5.97 Å². The highest BCUT2D eigenvalue weighted by molar-refractivity contribution is 6.41. The zero-order valence-corrected chi connectivity index (χ0v) is 9.87. The molecular formula is C12H13FO4. The largest absolute Gasteiger partial charge is 0.496 e. The molecule has 0 radical (unpaired) electrons. The number of rotatable bonds is 4. The lowest BCUT2D eigenvalue weighted by molar-refractivity contribution is -0.137. The van der Waals surface area contributed by atoms with E-state index >= 15 is 0 Å². The number of hydrogen-bond donors (Lipinski definition) is 0. The first kappa shape index (κ1) is 13.2. The molecule has 17 heavy (non-hydrogen) atoms. The summed E-state index contributed by atoms with van der Waals surface area (Å²) in [6, 6.07) is 2.32. The van der Waals surface area contributed by atoms with Crippen LogP contribution in [0.5, 0.6) is 5.75 Å². The molecule has 1 rings (SSSR count). The van der Waals surface area contributed by atoms with E-state index in [4.69, 9.17) is 4.74 Å². The summed E-state index contributed by atoms with van der Waals surface area (Å²) < 4.78 is 22.8. The van der Waals surface area contributed by atoms with E-state index < -0.39 is 17.6 Å².